The lowest BCUT2D eigenvalue weighted by Gasteiger charge is -2.30. The molecule has 1 aliphatic rings. The van der Waals surface area contributed by atoms with Gasteiger partial charge in [-0.25, -0.2) is 0 Å². The molecule has 0 saturated carbocycles. The lowest BCUT2D eigenvalue weighted by atomic mass is 10.00. The van der Waals surface area contributed by atoms with E-state index in [0.717, 1.165) is 29.7 Å². The minimum Gasteiger partial charge on any atom is -0.496 e. The quantitative estimate of drug-likeness (QED) is 0.604. The van der Waals surface area contributed by atoms with Crippen LogP contribution >= 0.6 is 0 Å². The van der Waals surface area contributed by atoms with E-state index < -0.39 is 0 Å². The molecule has 2 amide bonds. The number of methoxy groups -OCH3 is 1. The average Bonchev–Trinajstić information content (AvgIpc) is 2.82. The van der Waals surface area contributed by atoms with Gasteiger partial charge in [0.05, 0.1) is 7.11 Å². The Morgan fingerprint density at radius 2 is 1.77 bits per heavy atom. The molecule has 0 unspecified atom stereocenters. The molecular formula is C26H24N2O3. The van der Waals surface area contributed by atoms with Gasteiger partial charge in [0.25, 0.3) is 5.91 Å². The molecule has 0 aromatic heterocycles. The third kappa shape index (κ3) is 4.67. The summed E-state index contributed by atoms with van der Waals surface area (Å²) in [4.78, 5) is 27.2. The van der Waals surface area contributed by atoms with Gasteiger partial charge in [0.15, 0.2) is 0 Å². The number of nitrogens with one attached hydrogen (secondary N) is 1. The Morgan fingerprint density at radius 3 is 2.58 bits per heavy atom. The highest BCUT2D eigenvalue weighted by atomic mass is 16.5. The van der Waals surface area contributed by atoms with Crippen molar-refractivity contribution in [2.75, 3.05) is 23.9 Å². The Morgan fingerprint density at radius 1 is 1.00 bits per heavy atom. The van der Waals surface area contributed by atoms with Crippen LogP contribution in [-0.4, -0.2) is 25.5 Å². The molecule has 0 atom stereocenters. The fraction of sp³-hybridized carbons (Fsp3) is 0.154. The number of amides is 2. The van der Waals surface area contributed by atoms with E-state index >= 15 is 0 Å². The van der Waals surface area contributed by atoms with Gasteiger partial charge in [-0.1, -0.05) is 36.4 Å². The molecule has 156 valence electrons. The first-order chi connectivity index (χ1) is 15.2. The van der Waals surface area contributed by atoms with Gasteiger partial charge < -0.3 is 15.0 Å². The Bertz CT molecular complexity index is 1120. The van der Waals surface area contributed by atoms with Crippen molar-refractivity contribution in [3.8, 4) is 5.75 Å². The Balaban J connectivity index is 1.48. The first kappa shape index (κ1) is 20.4. The van der Waals surface area contributed by atoms with Crippen molar-refractivity contribution < 1.29 is 14.3 Å². The third-order valence-electron chi connectivity index (χ3n) is 5.28. The van der Waals surface area contributed by atoms with Gasteiger partial charge in [0.1, 0.15) is 5.75 Å². The van der Waals surface area contributed by atoms with Crippen LogP contribution in [-0.2, 0) is 11.2 Å². The largest absolute Gasteiger partial charge is 0.496 e. The van der Waals surface area contributed by atoms with E-state index in [1.165, 1.54) is 6.08 Å². The van der Waals surface area contributed by atoms with Crippen molar-refractivity contribution in [3.05, 3.63) is 95.6 Å². The van der Waals surface area contributed by atoms with E-state index in [4.69, 9.17) is 4.74 Å². The van der Waals surface area contributed by atoms with E-state index in [9.17, 15) is 9.59 Å². The van der Waals surface area contributed by atoms with Gasteiger partial charge in [-0.3, -0.25) is 9.59 Å². The monoisotopic (exact) mass is 412 g/mol. The van der Waals surface area contributed by atoms with Gasteiger partial charge in [0, 0.05) is 35.1 Å². The smallest absolute Gasteiger partial charge is 0.258 e. The third-order valence-corrected chi connectivity index (χ3v) is 5.28. The summed E-state index contributed by atoms with van der Waals surface area (Å²) >= 11 is 0. The Labute approximate surface area is 182 Å². The van der Waals surface area contributed by atoms with Crippen molar-refractivity contribution >= 4 is 29.3 Å². The summed E-state index contributed by atoms with van der Waals surface area (Å²) in [6, 6.07) is 22.5. The molecule has 1 heterocycles. The number of hydrogen-bond donors (Lipinski definition) is 1. The molecular weight excluding hydrogens is 388 g/mol. The maximum absolute atomic E-state index is 12.9. The minimum absolute atomic E-state index is 0.00178. The molecule has 3 aromatic carbocycles. The zero-order valence-electron chi connectivity index (χ0n) is 17.4. The summed E-state index contributed by atoms with van der Waals surface area (Å²) < 4.78 is 5.30. The molecule has 5 heteroatoms. The zero-order chi connectivity index (χ0) is 21.6. The van der Waals surface area contributed by atoms with Gasteiger partial charge in [-0.2, -0.15) is 0 Å². The van der Waals surface area contributed by atoms with Crippen LogP contribution in [0.5, 0.6) is 5.75 Å². The number of carbonyl (C=O) groups excluding carboxylic acids is 2. The molecule has 0 spiro atoms. The lowest BCUT2D eigenvalue weighted by molar-refractivity contribution is -0.111. The molecule has 0 saturated heterocycles. The highest BCUT2D eigenvalue weighted by molar-refractivity contribution is 6.07. The van der Waals surface area contributed by atoms with Crippen LogP contribution in [0.1, 0.15) is 27.9 Å². The number of benzene rings is 3. The van der Waals surface area contributed by atoms with Crippen molar-refractivity contribution in [2.24, 2.45) is 0 Å². The molecule has 1 aliphatic heterocycles. The van der Waals surface area contributed by atoms with Crippen molar-refractivity contribution in [1.82, 2.24) is 0 Å². The zero-order valence-corrected chi connectivity index (χ0v) is 17.4. The number of nitrogens with zero attached hydrogens (tertiary/aromatic N) is 1. The maximum Gasteiger partial charge on any atom is 0.258 e. The van der Waals surface area contributed by atoms with Crippen LogP contribution in [0.25, 0.3) is 6.08 Å². The molecule has 0 bridgehead atoms. The van der Waals surface area contributed by atoms with E-state index in [2.05, 4.69) is 5.32 Å². The second kappa shape index (κ2) is 9.30. The van der Waals surface area contributed by atoms with Crippen LogP contribution in [0.15, 0.2) is 78.9 Å². The molecule has 0 radical (unpaired) electrons. The summed E-state index contributed by atoms with van der Waals surface area (Å²) in [5.41, 5.74) is 4.18. The molecule has 3 aromatic rings. The SMILES string of the molecule is COc1ccccc1/C=C/C(=O)Nc1ccc2c(c1)CCCN2C(=O)c1ccccc1. The Hall–Kier alpha value is -3.86. The number of fused-ring (bicyclic) bond motifs is 1. The van der Waals surface area contributed by atoms with Crippen LogP contribution < -0.4 is 15.0 Å². The van der Waals surface area contributed by atoms with E-state index in [1.54, 1.807) is 13.2 Å². The average molecular weight is 412 g/mol. The highest BCUT2D eigenvalue weighted by Gasteiger charge is 2.23. The first-order valence-electron chi connectivity index (χ1n) is 10.3. The fourth-order valence-corrected chi connectivity index (χ4v) is 3.78. The summed E-state index contributed by atoms with van der Waals surface area (Å²) in [5, 5.41) is 2.91. The second-order valence-corrected chi connectivity index (χ2v) is 7.33. The first-order valence-corrected chi connectivity index (χ1v) is 10.3. The molecule has 5 nitrogen and oxygen atoms in total. The lowest BCUT2D eigenvalue weighted by Crippen LogP contribution is -2.35. The van der Waals surface area contributed by atoms with Gasteiger partial charge >= 0.3 is 0 Å². The van der Waals surface area contributed by atoms with Crippen molar-refractivity contribution in [3.63, 3.8) is 0 Å². The van der Waals surface area contributed by atoms with Crippen LogP contribution in [0.3, 0.4) is 0 Å². The van der Waals surface area contributed by atoms with Crippen molar-refractivity contribution in [1.29, 1.82) is 0 Å². The number of hydrogen-bond acceptors (Lipinski definition) is 3. The van der Waals surface area contributed by atoms with Gasteiger partial charge in [-0.15, -0.1) is 0 Å². The number of ether oxygens (including phenoxy) is 1. The maximum atomic E-state index is 12.9. The van der Waals surface area contributed by atoms with Gasteiger partial charge in [0.2, 0.25) is 5.91 Å². The number of anilines is 2. The normalized spacial score (nSPS) is 13.0. The number of carbonyl (C=O) groups is 2. The fourth-order valence-electron chi connectivity index (χ4n) is 3.78. The van der Waals surface area contributed by atoms with E-state index in [0.29, 0.717) is 23.5 Å². The summed E-state index contributed by atoms with van der Waals surface area (Å²) in [7, 11) is 1.60. The topological polar surface area (TPSA) is 58.6 Å². The summed E-state index contributed by atoms with van der Waals surface area (Å²) in [6.45, 7) is 0.689. The number of para-hydroxylation sites is 1. The predicted molar refractivity (Wildman–Crippen MR) is 124 cm³/mol. The highest BCUT2D eigenvalue weighted by Crippen LogP contribution is 2.31. The standard InChI is InChI=1S/C26H24N2O3/c1-31-24-12-6-5-8-19(24)13-16-25(29)27-22-14-15-23-21(18-22)11-7-17-28(23)26(30)20-9-3-2-4-10-20/h2-6,8-10,12-16,18H,7,11,17H2,1H3,(H,27,29)/b16-13+. The second-order valence-electron chi connectivity index (χ2n) is 7.33. The van der Waals surface area contributed by atoms with Crippen LogP contribution in [0.4, 0.5) is 11.4 Å². The van der Waals surface area contributed by atoms with Crippen LogP contribution in [0, 0.1) is 0 Å². The number of aryl methyl sites for hydroxylation is 1. The van der Waals surface area contributed by atoms with Crippen LogP contribution in [0.2, 0.25) is 0 Å². The number of rotatable bonds is 5. The molecule has 0 aliphatic carbocycles. The van der Waals surface area contributed by atoms with E-state index in [1.807, 2.05) is 77.7 Å². The molecule has 0 fully saturated rings. The van der Waals surface area contributed by atoms with Crippen molar-refractivity contribution in [2.45, 2.75) is 12.8 Å². The Kier molecular flexibility index (Phi) is 6.13. The molecule has 31 heavy (non-hydrogen) atoms. The summed E-state index contributed by atoms with van der Waals surface area (Å²) in [6.07, 6.45) is 4.97. The molecule has 1 N–H and O–H groups in total. The minimum atomic E-state index is -0.223. The summed E-state index contributed by atoms with van der Waals surface area (Å²) in [5.74, 6) is 0.487. The predicted octanol–water partition coefficient (Wildman–Crippen LogP) is 4.94. The van der Waals surface area contributed by atoms with Gasteiger partial charge in [-0.05, 0) is 60.9 Å². The van der Waals surface area contributed by atoms with E-state index in [-0.39, 0.29) is 11.8 Å². The molecule has 4 rings (SSSR count).